The van der Waals surface area contributed by atoms with Crippen LogP contribution in [0.1, 0.15) is 43.9 Å². The quantitative estimate of drug-likeness (QED) is 0.248. The number of anilines is 1. The fraction of sp³-hybridized carbons (Fsp3) is 0.355. The highest BCUT2D eigenvalue weighted by Crippen LogP contribution is 2.38. The van der Waals surface area contributed by atoms with Crippen molar-refractivity contribution in [1.29, 1.82) is 0 Å². The summed E-state index contributed by atoms with van der Waals surface area (Å²) in [5.41, 5.74) is -0.198. The minimum atomic E-state index is -4.88. The predicted octanol–water partition coefficient (Wildman–Crippen LogP) is 6.44. The molecule has 0 saturated heterocycles. The maximum absolute atomic E-state index is 14.0. The standard InChI is InChI=1S/C31H35ClF3N3O4S/c1-5-28(30(40)36-18-21(2)3)37(19-23-9-7-6-8-10-23)29(39)20-38(43(41,42)25-14-11-22(4)12-15-25)24-13-16-27(32)26(17-24)31(33,34)35/h6-17,21,28H,5,18-20H2,1-4H3,(H,36,40)/t28-/m0/s1. The highest BCUT2D eigenvalue weighted by Gasteiger charge is 2.37. The third-order valence-corrected chi connectivity index (χ3v) is 8.82. The first-order valence-corrected chi connectivity index (χ1v) is 15.5. The van der Waals surface area contributed by atoms with E-state index in [0.717, 1.165) is 17.7 Å². The Balaban J connectivity index is 2.12. The van der Waals surface area contributed by atoms with Crippen LogP contribution in [0.2, 0.25) is 5.02 Å². The van der Waals surface area contributed by atoms with Gasteiger partial charge in [0.15, 0.2) is 0 Å². The number of hydrogen-bond acceptors (Lipinski definition) is 4. The van der Waals surface area contributed by atoms with Gasteiger partial charge in [0.05, 0.1) is 21.2 Å². The van der Waals surface area contributed by atoms with E-state index in [9.17, 15) is 31.2 Å². The van der Waals surface area contributed by atoms with Crippen molar-refractivity contribution in [2.45, 2.75) is 57.8 Å². The summed E-state index contributed by atoms with van der Waals surface area (Å²) in [6, 6.07) is 16.3. The summed E-state index contributed by atoms with van der Waals surface area (Å²) in [5, 5.41) is 2.21. The number of aryl methyl sites for hydroxylation is 1. The first-order valence-electron chi connectivity index (χ1n) is 13.7. The van der Waals surface area contributed by atoms with Gasteiger partial charge in [0.25, 0.3) is 10.0 Å². The lowest BCUT2D eigenvalue weighted by molar-refractivity contribution is -0.140. The number of sulfonamides is 1. The largest absolute Gasteiger partial charge is 0.417 e. The van der Waals surface area contributed by atoms with E-state index in [1.54, 1.807) is 56.3 Å². The molecule has 2 amide bonds. The molecule has 0 unspecified atom stereocenters. The second kappa shape index (κ2) is 14.3. The molecule has 0 heterocycles. The zero-order valence-corrected chi connectivity index (χ0v) is 25.9. The van der Waals surface area contributed by atoms with Gasteiger partial charge < -0.3 is 10.2 Å². The summed E-state index contributed by atoms with van der Waals surface area (Å²) in [6.07, 6.45) is -4.66. The van der Waals surface area contributed by atoms with Crippen molar-refractivity contribution in [2.24, 2.45) is 5.92 Å². The maximum atomic E-state index is 14.0. The summed E-state index contributed by atoms with van der Waals surface area (Å²) < 4.78 is 69.8. The topological polar surface area (TPSA) is 86.8 Å². The van der Waals surface area contributed by atoms with E-state index in [-0.39, 0.29) is 23.8 Å². The molecular formula is C31H35ClF3N3O4S. The van der Waals surface area contributed by atoms with Crippen molar-refractivity contribution in [3.63, 3.8) is 0 Å². The monoisotopic (exact) mass is 637 g/mol. The molecular weight excluding hydrogens is 603 g/mol. The maximum Gasteiger partial charge on any atom is 0.417 e. The summed E-state index contributed by atoms with van der Waals surface area (Å²) in [6.45, 7) is 6.79. The molecule has 3 aromatic carbocycles. The number of alkyl halides is 3. The number of carbonyl (C=O) groups is 2. The van der Waals surface area contributed by atoms with Gasteiger partial charge in [-0.25, -0.2) is 8.42 Å². The molecule has 0 fully saturated rings. The van der Waals surface area contributed by atoms with Crippen LogP contribution >= 0.6 is 11.6 Å². The molecule has 232 valence electrons. The third kappa shape index (κ3) is 8.73. The molecule has 0 aromatic heterocycles. The van der Waals surface area contributed by atoms with Gasteiger partial charge in [-0.15, -0.1) is 0 Å². The number of rotatable bonds is 12. The van der Waals surface area contributed by atoms with Crippen molar-refractivity contribution in [3.8, 4) is 0 Å². The zero-order chi connectivity index (χ0) is 31.9. The van der Waals surface area contributed by atoms with E-state index in [2.05, 4.69) is 5.32 Å². The molecule has 1 N–H and O–H groups in total. The van der Waals surface area contributed by atoms with Crippen LogP contribution in [0.15, 0.2) is 77.7 Å². The van der Waals surface area contributed by atoms with E-state index in [4.69, 9.17) is 11.6 Å². The van der Waals surface area contributed by atoms with Crippen LogP contribution in [0.4, 0.5) is 18.9 Å². The van der Waals surface area contributed by atoms with E-state index in [1.807, 2.05) is 13.8 Å². The van der Waals surface area contributed by atoms with Gasteiger partial charge in [-0.3, -0.25) is 13.9 Å². The van der Waals surface area contributed by atoms with E-state index in [1.165, 1.54) is 17.0 Å². The molecule has 0 saturated carbocycles. The molecule has 3 aromatic rings. The average Bonchev–Trinajstić information content (AvgIpc) is 2.95. The van der Waals surface area contributed by atoms with E-state index >= 15 is 0 Å². The Hall–Kier alpha value is -3.57. The summed E-state index contributed by atoms with van der Waals surface area (Å²) in [4.78, 5) is 28.3. The molecule has 0 aliphatic carbocycles. The second-order valence-corrected chi connectivity index (χ2v) is 12.8. The first-order chi connectivity index (χ1) is 20.1. The summed E-state index contributed by atoms with van der Waals surface area (Å²) in [7, 11) is -4.55. The summed E-state index contributed by atoms with van der Waals surface area (Å²) in [5.74, 6) is -1.04. The fourth-order valence-corrected chi connectivity index (χ4v) is 6.00. The Bertz CT molecular complexity index is 1520. The molecule has 1 atom stereocenters. The van der Waals surface area contributed by atoms with Gasteiger partial charge in [-0.2, -0.15) is 13.2 Å². The van der Waals surface area contributed by atoms with Gasteiger partial charge in [-0.05, 0) is 55.2 Å². The van der Waals surface area contributed by atoms with Crippen molar-refractivity contribution >= 4 is 39.1 Å². The SMILES string of the molecule is CC[C@@H](C(=O)NCC(C)C)N(Cc1ccccc1)C(=O)CN(c1ccc(Cl)c(C(F)(F)F)c1)S(=O)(=O)c1ccc(C)cc1. The minimum absolute atomic E-state index is 0.0277. The fourth-order valence-electron chi connectivity index (χ4n) is 4.37. The molecule has 0 bridgehead atoms. The lowest BCUT2D eigenvalue weighted by atomic mass is 10.1. The van der Waals surface area contributed by atoms with Crippen LogP contribution in [0.25, 0.3) is 0 Å². The first kappa shape index (κ1) is 33.9. The Morgan fingerprint density at radius 2 is 1.60 bits per heavy atom. The Morgan fingerprint density at radius 3 is 2.16 bits per heavy atom. The second-order valence-electron chi connectivity index (χ2n) is 10.6. The van der Waals surface area contributed by atoms with Crippen molar-refractivity contribution < 1.29 is 31.2 Å². The summed E-state index contributed by atoms with van der Waals surface area (Å²) >= 11 is 5.82. The van der Waals surface area contributed by atoms with Gasteiger partial charge in [0.2, 0.25) is 11.8 Å². The number of amides is 2. The molecule has 43 heavy (non-hydrogen) atoms. The van der Waals surface area contributed by atoms with Gasteiger partial charge >= 0.3 is 6.18 Å². The van der Waals surface area contributed by atoms with Crippen molar-refractivity contribution in [2.75, 3.05) is 17.4 Å². The van der Waals surface area contributed by atoms with E-state index in [0.29, 0.717) is 22.5 Å². The van der Waals surface area contributed by atoms with Crippen LogP contribution < -0.4 is 9.62 Å². The Morgan fingerprint density at radius 1 is 0.977 bits per heavy atom. The number of nitrogens with zero attached hydrogens (tertiary/aromatic N) is 2. The van der Waals surface area contributed by atoms with Crippen LogP contribution in [0.3, 0.4) is 0 Å². The lowest BCUT2D eigenvalue weighted by Gasteiger charge is -2.33. The molecule has 7 nitrogen and oxygen atoms in total. The van der Waals surface area contributed by atoms with Gasteiger partial charge in [0.1, 0.15) is 12.6 Å². The van der Waals surface area contributed by atoms with Crippen LogP contribution in [-0.4, -0.2) is 44.3 Å². The number of carbonyl (C=O) groups excluding carboxylic acids is 2. The van der Waals surface area contributed by atoms with Crippen LogP contribution in [0, 0.1) is 12.8 Å². The minimum Gasteiger partial charge on any atom is -0.354 e. The normalized spacial score (nSPS) is 12.6. The molecule has 0 spiro atoms. The lowest BCUT2D eigenvalue weighted by Crippen LogP contribution is -2.52. The molecule has 0 aliphatic rings. The third-order valence-electron chi connectivity index (χ3n) is 6.70. The van der Waals surface area contributed by atoms with Crippen LogP contribution in [0.5, 0.6) is 0 Å². The Labute approximate surface area is 255 Å². The highest BCUT2D eigenvalue weighted by molar-refractivity contribution is 7.92. The Kier molecular flexibility index (Phi) is 11.3. The molecule has 0 radical (unpaired) electrons. The molecule has 0 aliphatic heterocycles. The number of nitrogens with one attached hydrogen (secondary N) is 1. The van der Waals surface area contributed by atoms with Gasteiger partial charge in [-0.1, -0.05) is 80.4 Å². The van der Waals surface area contributed by atoms with E-state index < -0.39 is 56.9 Å². The number of benzene rings is 3. The van der Waals surface area contributed by atoms with Crippen LogP contribution in [-0.2, 0) is 32.3 Å². The molecule has 12 heteroatoms. The average molecular weight is 638 g/mol. The van der Waals surface area contributed by atoms with Crippen molar-refractivity contribution in [1.82, 2.24) is 10.2 Å². The zero-order valence-electron chi connectivity index (χ0n) is 24.4. The molecule has 3 rings (SSSR count). The highest BCUT2D eigenvalue weighted by atomic mass is 35.5. The predicted molar refractivity (Wildman–Crippen MR) is 161 cm³/mol. The number of halogens is 4. The van der Waals surface area contributed by atoms with Crippen molar-refractivity contribution in [3.05, 3.63) is 94.5 Å². The van der Waals surface area contributed by atoms with Gasteiger partial charge in [0, 0.05) is 13.1 Å². The number of hydrogen-bond donors (Lipinski definition) is 1. The smallest absolute Gasteiger partial charge is 0.354 e.